The molecule has 1 saturated carbocycles. The van der Waals surface area contributed by atoms with E-state index in [2.05, 4.69) is 19.8 Å². The van der Waals surface area contributed by atoms with Gasteiger partial charge >= 0.3 is 11.9 Å². The van der Waals surface area contributed by atoms with E-state index in [1.54, 1.807) is 24.3 Å². The second-order valence-electron chi connectivity index (χ2n) is 11.9. The monoisotopic (exact) mass is 708 g/mol. The first-order chi connectivity index (χ1) is 23.6. The van der Waals surface area contributed by atoms with Crippen LogP contribution in [0.5, 0.6) is 0 Å². The van der Waals surface area contributed by atoms with Crippen LogP contribution in [0.15, 0.2) is 36.4 Å². The highest BCUT2D eigenvalue weighted by atomic mass is 32.2. The standard InChI is InChI=1S/C33H48N4O11S/c1-42-32(38)28-8-4-6-26(34-28)22-36-10-14-44-18-19-45-15-11-37(23-27-7-5-9-29(35-27)33(39)43-2)13-17-47-31-21-25(24-48-49(3,40)41)20-30(31)46-16-12-36/h4-9,25,30-31H,10-24H2,1-3H3. The lowest BCUT2D eigenvalue weighted by Crippen LogP contribution is -2.36. The zero-order chi connectivity index (χ0) is 35.1. The molecule has 0 N–H and O–H groups in total. The minimum absolute atomic E-state index is 0.0524. The molecule has 272 valence electrons. The summed E-state index contributed by atoms with van der Waals surface area (Å²) >= 11 is 0. The summed E-state index contributed by atoms with van der Waals surface area (Å²) in [5.41, 5.74) is 1.91. The highest BCUT2D eigenvalue weighted by Crippen LogP contribution is 2.31. The van der Waals surface area contributed by atoms with Gasteiger partial charge in [-0.05, 0) is 43.0 Å². The van der Waals surface area contributed by atoms with Crippen molar-refractivity contribution >= 4 is 22.1 Å². The van der Waals surface area contributed by atoms with Crippen molar-refractivity contribution in [3.63, 3.8) is 0 Å². The Balaban J connectivity index is 1.43. The van der Waals surface area contributed by atoms with Crippen molar-refractivity contribution in [2.75, 3.05) is 92.9 Å². The Morgan fingerprint density at radius 2 is 1.18 bits per heavy atom. The molecular weight excluding hydrogens is 660 g/mol. The van der Waals surface area contributed by atoms with E-state index in [0.717, 1.165) is 6.26 Å². The van der Waals surface area contributed by atoms with Crippen LogP contribution >= 0.6 is 0 Å². The molecule has 2 aliphatic rings. The number of rotatable bonds is 9. The fraction of sp³-hybridized carbons (Fsp3) is 0.636. The molecular formula is C33H48N4O11S. The number of aromatic nitrogens is 2. The van der Waals surface area contributed by atoms with Crippen LogP contribution in [-0.2, 0) is 55.8 Å². The van der Waals surface area contributed by atoms with Crippen LogP contribution in [-0.4, -0.2) is 145 Å². The summed E-state index contributed by atoms with van der Waals surface area (Å²) in [6, 6.07) is 10.5. The Morgan fingerprint density at radius 1 is 0.735 bits per heavy atom. The van der Waals surface area contributed by atoms with Crippen LogP contribution in [0.25, 0.3) is 0 Å². The van der Waals surface area contributed by atoms with Gasteiger partial charge in [-0.25, -0.2) is 19.6 Å². The molecule has 1 saturated heterocycles. The first-order valence-electron chi connectivity index (χ1n) is 16.4. The van der Waals surface area contributed by atoms with E-state index < -0.39 is 22.1 Å². The molecule has 0 aromatic carbocycles. The lowest BCUT2D eigenvalue weighted by Gasteiger charge is -2.27. The lowest BCUT2D eigenvalue weighted by atomic mass is 10.1. The zero-order valence-corrected chi connectivity index (χ0v) is 29.3. The third-order valence-corrected chi connectivity index (χ3v) is 8.76. The SMILES string of the molecule is COC(=O)c1cccc(CN2CCOCCOCCN(Cc3cccc(C(=O)OC)n3)CCOC3CC(COS(C)(=O)=O)CC3OCC2)n1. The maximum Gasteiger partial charge on any atom is 0.356 e. The molecule has 3 heterocycles. The number of ether oxygens (including phenoxy) is 6. The van der Waals surface area contributed by atoms with E-state index in [0.29, 0.717) is 103 Å². The summed E-state index contributed by atoms with van der Waals surface area (Å²) in [5, 5.41) is 0. The summed E-state index contributed by atoms with van der Waals surface area (Å²) in [5.74, 6) is -1.05. The van der Waals surface area contributed by atoms with Gasteiger partial charge in [0.15, 0.2) is 0 Å². The van der Waals surface area contributed by atoms with Crippen molar-refractivity contribution in [1.82, 2.24) is 19.8 Å². The van der Waals surface area contributed by atoms with Gasteiger partial charge in [0.05, 0.1) is 90.3 Å². The topological polar surface area (TPSA) is 165 Å². The highest BCUT2D eigenvalue weighted by Gasteiger charge is 2.36. The number of hydrogen-bond donors (Lipinski definition) is 0. The summed E-state index contributed by atoms with van der Waals surface area (Å²) < 4.78 is 62.7. The number of fused-ring (bicyclic) bond motifs is 1. The molecule has 0 radical (unpaired) electrons. The second kappa shape index (κ2) is 19.9. The first kappa shape index (κ1) is 38.7. The molecule has 15 nitrogen and oxygen atoms in total. The van der Waals surface area contributed by atoms with Crippen molar-refractivity contribution in [1.29, 1.82) is 0 Å². The summed E-state index contributed by atoms with van der Waals surface area (Å²) in [6.45, 7) is 5.83. The number of carbonyl (C=O) groups is 2. The van der Waals surface area contributed by atoms with E-state index in [4.69, 9.17) is 32.6 Å². The van der Waals surface area contributed by atoms with Gasteiger partial charge in [-0.15, -0.1) is 0 Å². The van der Waals surface area contributed by atoms with Crippen molar-refractivity contribution in [2.45, 2.75) is 38.1 Å². The van der Waals surface area contributed by atoms with E-state index in [1.165, 1.54) is 14.2 Å². The fourth-order valence-corrected chi connectivity index (χ4v) is 6.15. The molecule has 2 fully saturated rings. The van der Waals surface area contributed by atoms with E-state index in [9.17, 15) is 18.0 Å². The van der Waals surface area contributed by atoms with E-state index in [-0.39, 0.29) is 36.1 Å². The molecule has 4 rings (SSSR count). The van der Waals surface area contributed by atoms with Crippen molar-refractivity contribution < 1.29 is 50.6 Å². The van der Waals surface area contributed by atoms with Crippen LogP contribution in [0, 0.1) is 5.92 Å². The van der Waals surface area contributed by atoms with Gasteiger partial charge in [-0.2, -0.15) is 8.42 Å². The van der Waals surface area contributed by atoms with Crippen LogP contribution in [0.2, 0.25) is 0 Å². The Morgan fingerprint density at radius 3 is 1.61 bits per heavy atom. The van der Waals surface area contributed by atoms with E-state index in [1.807, 2.05) is 12.1 Å². The molecule has 0 bridgehead atoms. The normalized spacial score (nSPS) is 22.8. The smallest absolute Gasteiger partial charge is 0.356 e. The average molecular weight is 709 g/mol. The van der Waals surface area contributed by atoms with Gasteiger partial charge in [0, 0.05) is 39.3 Å². The minimum atomic E-state index is -3.58. The molecule has 49 heavy (non-hydrogen) atoms. The van der Waals surface area contributed by atoms with Gasteiger partial charge in [0.1, 0.15) is 11.4 Å². The number of esters is 2. The summed E-state index contributed by atoms with van der Waals surface area (Å²) in [6.07, 6.45) is 1.70. The van der Waals surface area contributed by atoms with Gasteiger partial charge in [-0.3, -0.25) is 14.0 Å². The molecule has 2 atom stereocenters. The van der Waals surface area contributed by atoms with Crippen molar-refractivity contribution in [3.05, 3.63) is 59.2 Å². The third-order valence-electron chi connectivity index (χ3n) is 8.19. The summed E-state index contributed by atoms with van der Waals surface area (Å²) in [4.78, 5) is 37.3. The molecule has 16 heteroatoms. The van der Waals surface area contributed by atoms with Crippen LogP contribution in [0.4, 0.5) is 0 Å². The molecule has 2 unspecified atom stereocenters. The van der Waals surface area contributed by atoms with Crippen LogP contribution in [0.3, 0.4) is 0 Å². The van der Waals surface area contributed by atoms with Gasteiger partial charge in [-0.1, -0.05) is 12.1 Å². The molecule has 0 spiro atoms. The van der Waals surface area contributed by atoms with Gasteiger partial charge < -0.3 is 28.4 Å². The minimum Gasteiger partial charge on any atom is -0.464 e. The highest BCUT2D eigenvalue weighted by molar-refractivity contribution is 7.85. The molecule has 1 aliphatic heterocycles. The molecule has 2 aromatic rings. The Bertz CT molecular complexity index is 1360. The molecule has 0 amide bonds. The van der Waals surface area contributed by atoms with Crippen molar-refractivity contribution in [3.8, 4) is 0 Å². The lowest BCUT2D eigenvalue weighted by molar-refractivity contribution is -0.0669. The van der Waals surface area contributed by atoms with Crippen molar-refractivity contribution in [2.24, 2.45) is 5.92 Å². The maximum absolute atomic E-state index is 12.0. The molecule has 2 aromatic heterocycles. The largest absolute Gasteiger partial charge is 0.464 e. The number of hydrogen-bond acceptors (Lipinski definition) is 15. The Hall–Kier alpha value is -3.09. The fourth-order valence-electron chi connectivity index (χ4n) is 5.71. The Kier molecular flexibility index (Phi) is 15.7. The van der Waals surface area contributed by atoms with Gasteiger partial charge in [0.2, 0.25) is 0 Å². The predicted molar refractivity (Wildman–Crippen MR) is 176 cm³/mol. The second-order valence-corrected chi connectivity index (χ2v) is 13.6. The van der Waals surface area contributed by atoms with Crippen LogP contribution < -0.4 is 0 Å². The predicted octanol–water partition coefficient (Wildman–Crippen LogP) is 1.56. The number of carbonyl (C=O) groups excluding carboxylic acids is 2. The maximum atomic E-state index is 12.0. The first-order valence-corrected chi connectivity index (χ1v) is 18.2. The van der Waals surface area contributed by atoms with Crippen LogP contribution in [0.1, 0.15) is 45.2 Å². The Labute approximate surface area is 288 Å². The zero-order valence-electron chi connectivity index (χ0n) is 28.5. The third kappa shape index (κ3) is 13.6. The number of nitrogens with zero attached hydrogens (tertiary/aromatic N) is 4. The van der Waals surface area contributed by atoms with Gasteiger partial charge in [0.25, 0.3) is 10.1 Å². The number of pyridine rings is 2. The van der Waals surface area contributed by atoms with E-state index >= 15 is 0 Å². The quantitative estimate of drug-likeness (QED) is 0.272. The average Bonchev–Trinajstić information content (AvgIpc) is 3.48. The molecule has 1 aliphatic carbocycles. The number of methoxy groups -OCH3 is 2. The summed E-state index contributed by atoms with van der Waals surface area (Å²) in [7, 11) is -0.939.